The van der Waals surface area contributed by atoms with Crippen molar-refractivity contribution in [3.05, 3.63) is 41.5 Å². The molecule has 0 aliphatic heterocycles. The van der Waals surface area contributed by atoms with Crippen LogP contribution in [0.25, 0.3) is 6.08 Å². The summed E-state index contributed by atoms with van der Waals surface area (Å²) in [7, 11) is 0. The van der Waals surface area contributed by atoms with Gasteiger partial charge in [-0.1, -0.05) is 24.3 Å². The summed E-state index contributed by atoms with van der Waals surface area (Å²) < 4.78 is 0. The van der Waals surface area contributed by atoms with Gasteiger partial charge in [-0.25, -0.2) is 0 Å². The lowest BCUT2D eigenvalue weighted by molar-refractivity contribution is 1.13. The van der Waals surface area contributed by atoms with Gasteiger partial charge in [0.25, 0.3) is 0 Å². The number of allylic oxidation sites excluding steroid dienone is 1. The number of rotatable bonds is 2. The maximum atomic E-state index is 8.38. The largest absolute Gasteiger partial charge is 0.193 e. The van der Waals surface area contributed by atoms with Crippen LogP contribution in [0.2, 0.25) is 0 Å². The zero-order valence-corrected chi connectivity index (χ0v) is 7.40. The number of benzene rings is 1. The Morgan fingerprint density at radius 3 is 2.92 bits per heavy atom. The summed E-state index contributed by atoms with van der Waals surface area (Å²) in [5.41, 5.74) is 2.55. The van der Waals surface area contributed by atoms with Crippen molar-refractivity contribution in [1.82, 2.24) is 0 Å². The van der Waals surface area contributed by atoms with Gasteiger partial charge in [0.15, 0.2) is 0 Å². The first-order chi connectivity index (χ1) is 6.40. The van der Waals surface area contributed by atoms with Crippen molar-refractivity contribution in [2.75, 3.05) is 0 Å². The standard InChI is InChI=1S/C12H11N/c13-8-2-4-10-3-1-5-12(9-10)11-6-7-11/h1-5,9,11H,6-7H2. The van der Waals surface area contributed by atoms with Crippen molar-refractivity contribution >= 4 is 6.08 Å². The molecule has 1 fully saturated rings. The Labute approximate surface area is 78.3 Å². The number of hydrogen-bond donors (Lipinski definition) is 0. The average molecular weight is 169 g/mol. The molecule has 0 amide bonds. The van der Waals surface area contributed by atoms with Gasteiger partial charge in [-0.05, 0) is 36.0 Å². The summed E-state index contributed by atoms with van der Waals surface area (Å²) in [4.78, 5) is 0. The van der Waals surface area contributed by atoms with E-state index in [0.29, 0.717) is 0 Å². The van der Waals surface area contributed by atoms with E-state index in [1.807, 2.05) is 18.2 Å². The molecule has 0 spiro atoms. The second kappa shape index (κ2) is 3.45. The van der Waals surface area contributed by atoms with Gasteiger partial charge in [0.2, 0.25) is 0 Å². The lowest BCUT2D eigenvalue weighted by Crippen LogP contribution is -1.79. The zero-order valence-electron chi connectivity index (χ0n) is 7.40. The molecule has 0 unspecified atom stereocenters. The molecule has 1 aromatic rings. The lowest BCUT2D eigenvalue weighted by Gasteiger charge is -1.98. The molecule has 2 rings (SSSR count). The van der Waals surface area contributed by atoms with Crippen LogP contribution >= 0.6 is 0 Å². The van der Waals surface area contributed by atoms with Crippen LogP contribution in [-0.2, 0) is 0 Å². The molecular formula is C12H11N. The van der Waals surface area contributed by atoms with Crippen LogP contribution in [0.15, 0.2) is 30.3 Å². The highest BCUT2D eigenvalue weighted by molar-refractivity contribution is 5.53. The fraction of sp³-hybridized carbons (Fsp3) is 0.250. The first kappa shape index (κ1) is 8.07. The Hall–Kier alpha value is -1.55. The smallest absolute Gasteiger partial charge is 0.0912 e. The number of nitrogens with zero attached hydrogens (tertiary/aromatic N) is 1. The second-order valence-corrected chi connectivity index (χ2v) is 3.41. The molecule has 1 aliphatic rings. The van der Waals surface area contributed by atoms with E-state index in [4.69, 9.17) is 5.26 Å². The van der Waals surface area contributed by atoms with E-state index < -0.39 is 0 Å². The first-order valence-electron chi connectivity index (χ1n) is 4.56. The first-order valence-corrected chi connectivity index (χ1v) is 4.56. The molecule has 1 heteroatoms. The minimum atomic E-state index is 0.787. The van der Waals surface area contributed by atoms with Gasteiger partial charge in [0.05, 0.1) is 6.07 Å². The maximum absolute atomic E-state index is 8.38. The normalized spacial score (nSPS) is 15.9. The SMILES string of the molecule is N#CC=Cc1cccc(C2CC2)c1. The van der Waals surface area contributed by atoms with E-state index in [0.717, 1.165) is 11.5 Å². The predicted octanol–water partition coefficient (Wildman–Crippen LogP) is 3.10. The van der Waals surface area contributed by atoms with Crippen molar-refractivity contribution in [1.29, 1.82) is 5.26 Å². The minimum Gasteiger partial charge on any atom is -0.193 e. The summed E-state index contributed by atoms with van der Waals surface area (Å²) >= 11 is 0. The van der Waals surface area contributed by atoms with Crippen molar-refractivity contribution in [2.45, 2.75) is 18.8 Å². The van der Waals surface area contributed by atoms with E-state index in [-0.39, 0.29) is 0 Å². The summed E-state index contributed by atoms with van der Waals surface area (Å²) in [6.45, 7) is 0. The van der Waals surface area contributed by atoms with E-state index in [1.165, 1.54) is 24.5 Å². The molecule has 1 saturated carbocycles. The predicted molar refractivity (Wildman–Crippen MR) is 53.1 cm³/mol. The van der Waals surface area contributed by atoms with Crippen LogP contribution in [0, 0.1) is 11.3 Å². The lowest BCUT2D eigenvalue weighted by atomic mass is 10.1. The van der Waals surface area contributed by atoms with E-state index in [1.54, 1.807) is 0 Å². The Bertz CT molecular complexity index is 367. The molecule has 1 nitrogen and oxygen atoms in total. The van der Waals surface area contributed by atoms with Crippen molar-refractivity contribution in [3.63, 3.8) is 0 Å². The quantitative estimate of drug-likeness (QED) is 0.624. The molecule has 0 heterocycles. The Balaban J connectivity index is 2.22. The summed E-state index contributed by atoms with van der Waals surface area (Å²) in [6, 6.07) is 10.4. The fourth-order valence-electron chi connectivity index (χ4n) is 1.47. The molecule has 1 aromatic carbocycles. The molecule has 0 N–H and O–H groups in total. The Morgan fingerprint density at radius 2 is 2.23 bits per heavy atom. The third-order valence-corrected chi connectivity index (χ3v) is 2.31. The molecular weight excluding hydrogens is 158 g/mol. The molecule has 13 heavy (non-hydrogen) atoms. The average Bonchev–Trinajstić information content (AvgIpc) is 2.98. The van der Waals surface area contributed by atoms with Gasteiger partial charge in [0, 0.05) is 6.08 Å². The molecule has 0 atom stereocenters. The fourth-order valence-corrected chi connectivity index (χ4v) is 1.47. The summed E-state index contributed by atoms with van der Waals surface area (Å²) in [5.74, 6) is 0.787. The van der Waals surface area contributed by atoms with E-state index in [9.17, 15) is 0 Å². The maximum Gasteiger partial charge on any atom is 0.0912 e. The zero-order chi connectivity index (χ0) is 9.10. The highest BCUT2D eigenvalue weighted by atomic mass is 14.3. The van der Waals surface area contributed by atoms with Gasteiger partial charge in [0.1, 0.15) is 0 Å². The molecule has 1 aliphatic carbocycles. The van der Waals surface area contributed by atoms with E-state index >= 15 is 0 Å². The number of nitriles is 1. The summed E-state index contributed by atoms with van der Waals surface area (Å²) in [6.07, 6.45) is 6.02. The second-order valence-electron chi connectivity index (χ2n) is 3.41. The number of hydrogen-bond acceptors (Lipinski definition) is 1. The van der Waals surface area contributed by atoms with Crippen LogP contribution in [0.5, 0.6) is 0 Å². The van der Waals surface area contributed by atoms with Gasteiger partial charge in [-0.2, -0.15) is 5.26 Å². The molecule has 64 valence electrons. The molecule has 0 radical (unpaired) electrons. The van der Waals surface area contributed by atoms with Gasteiger partial charge in [-0.3, -0.25) is 0 Å². The van der Waals surface area contributed by atoms with Crippen LogP contribution in [0.4, 0.5) is 0 Å². The monoisotopic (exact) mass is 169 g/mol. The van der Waals surface area contributed by atoms with Crippen LogP contribution in [-0.4, -0.2) is 0 Å². The minimum absolute atomic E-state index is 0.787. The Kier molecular flexibility index (Phi) is 2.14. The third-order valence-electron chi connectivity index (χ3n) is 2.31. The van der Waals surface area contributed by atoms with Crippen LogP contribution in [0.1, 0.15) is 29.9 Å². The molecule has 0 aromatic heterocycles. The van der Waals surface area contributed by atoms with Crippen LogP contribution < -0.4 is 0 Å². The van der Waals surface area contributed by atoms with Crippen molar-refractivity contribution in [3.8, 4) is 6.07 Å². The van der Waals surface area contributed by atoms with E-state index in [2.05, 4.69) is 18.2 Å². The topological polar surface area (TPSA) is 23.8 Å². The highest BCUT2D eigenvalue weighted by Crippen LogP contribution is 2.40. The molecule has 0 saturated heterocycles. The third kappa shape index (κ3) is 1.97. The van der Waals surface area contributed by atoms with Crippen LogP contribution in [0.3, 0.4) is 0 Å². The van der Waals surface area contributed by atoms with Crippen molar-refractivity contribution in [2.24, 2.45) is 0 Å². The summed E-state index contributed by atoms with van der Waals surface area (Å²) in [5, 5.41) is 8.38. The highest BCUT2D eigenvalue weighted by Gasteiger charge is 2.22. The van der Waals surface area contributed by atoms with Gasteiger partial charge >= 0.3 is 0 Å². The Morgan fingerprint density at radius 1 is 1.38 bits per heavy atom. The van der Waals surface area contributed by atoms with Crippen molar-refractivity contribution < 1.29 is 0 Å². The van der Waals surface area contributed by atoms with Gasteiger partial charge < -0.3 is 0 Å². The molecule has 0 bridgehead atoms. The van der Waals surface area contributed by atoms with Gasteiger partial charge in [-0.15, -0.1) is 0 Å².